The zero-order chi connectivity index (χ0) is 21.1. The molecule has 0 saturated carbocycles. The third-order valence-electron chi connectivity index (χ3n) is 5.37. The summed E-state index contributed by atoms with van der Waals surface area (Å²) in [7, 11) is 0. The maximum absolute atomic E-state index is 14.1. The Hall–Kier alpha value is -3.41. The fraction of sp³-hybridized carbons (Fsp3) is 0.250. The van der Waals surface area contributed by atoms with Gasteiger partial charge in [-0.3, -0.25) is 0 Å². The first-order chi connectivity index (χ1) is 14.5. The number of aromatic nitrogens is 3. The summed E-state index contributed by atoms with van der Waals surface area (Å²) in [5.41, 5.74) is 6.26. The Bertz CT molecular complexity index is 1160. The average Bonchev–Trinajstić information content (AvgIpc) is 3.08. The number of anilines is 2. The van der Waals surface area contributed by atoms with Crippen molar-refractivity contribution >= 4 is 22.5 Å². The number of aryl methyl sites for hydroxylation is 3. The molecule has 0 radical (unpaired) electrons. The van der Waals surface area contributed by atoms with Crippen LogP contribution in [0, 0.1) is 26.6 Å². The topological polar surface area (TPSA) is 65.6 Å². The van der Waals surface area contributed by atoms with E-state index in [1.165, 1.54) is 17.2 Å². The first-order valence-corrected chi connectivity index (χ1v) is 10.1. The first kappa shape index (κ1) is 19.9. The number of rotatable bonds is 7. The lowest BCUT2D eigenvalue weighted by molar-refractivity contribution is 0.637. The number of aromatic amines is 1. The van der Waals surface area contributed by atoms with Crippen molar-refractivity contribution < 1.29 is 4.39 Å². The fourth-order valence-electron chi connectivity index (χ4n) is 3.72. The summed E-state index contributed by atoms with van der Waals surface area (Å²) in [6.07, 6.45) is 2.32. The summed E-state index contributed by atoms with van der Waals surface area (Å²) < 4.78 is 14.1. The molecule has 0 spiro atoms. The quantitative estimate of drug-likeness (QED) is 0.392. The smallest absolute Gasteiger partial charge is 0.147 e. The Morgan fingerprint density at radius 1 is 0.933 bits per heavy atom. The molecule has 0 fully saturated rings. The van der Waals surface area contributed by atoms with Gasteiger partial charge in [0.2, 0.25) is 0 Å². The minimum Gasteiger partial charge on any atom is -0.370 e. The predicted molar refractivity (Wildman–Crippen MR) is 120 cm³/mol. The Morgan fingerprint density at radius 3 is 2.43 bits per heavy atom. The van der Waals surface area contributed by atoms with E-state index in [1.54, 1.807) is 6.33 Å². The maximum atomic E-state index is 14.1. The van der Waals surface area contributed by atoms with Crippen LogP contribution < -0.4 is 10.6 Å². The van der Waals surface area contributed by atoms with Crippen molar-refractivity contribution in [1.29, 1.82) is 0 Å². The molecular formula is C24H26FN5. The van der Waals surface area contributed by atoms with Crippen molar-refractivity contribution in [2.24, 2.45) is 0 Å². The zero-order valence-corrected chi connectivity index (χ0v) is 17.5. The molecule has 2 aromatic heterocycles. The van der Waals surface area contributed by atoms with E-state index < -0.39 is 0 Å². The van der Waals surface area contributed by atoms with Crippen LogP contribution in [0.4, 0.5) is 16.0 Å². The van der Waals surface area contributed by atoms with Gasteiger partial charge in [-0.25, -0.2) is 14.4 Å². The molecule has 4 rings (SSSR count). The van der Waals surface area contributed by atoms with Gasteiger partial charge in [-0.05, 0) is 49.9 Å². The molecule has 6 heteroatoms. The van der Waals surface area contributed by atoms with Gasteiger partial charge < -0.3 is 15.6 Å². The second kappa shape index (κ2) is 8.53. The lowest BCUT2D eigenvalue weighted by Crippen LogP contribution is -2.08. The van der Waals surface area contributed by atoms with Gasteiger partial charge >= 0.3 is 0 Å². The van der Waals surface area contributed by atoms with Crippen LogP contribution in [0.2, 0.25) is 0 Å². The van der Waals surface area contributed by atoms with Gasteiger partial charge in [-0.1, -0.05) is 35.9 Å². The van der Waals surface area contributed by atoms with Crippen molar-refractivity contribution in [3.63, 3.8) is 0 Å². The molecule has 154 valence electrons. The van der Waals surface area contributed by atoms with Gasteiger partial charge in [-0.15, -0.1) is 0 Å². The Labute approximate surface area is 175 Å². The molecule has 30 heavy (non-hydrogen) atoms. The van der Waals surface area contributed by atoms with E-state index in [4.69, 9.17) is 0 Å². The van der Waals surface area contributed by atoms with Gasteiger partial charge in [0, 0.05) is 30.2 Å². The molecule has 0 amide bonds. The maximum Gasteiger partial charge on any atom is 0.147 e. The SMILES string of the molecule is Cc1ccc(CNc2cc(NCCc3c(C)[nH]c4c(F)ccc(C)c34)ncn2)cc1. The van der Waals surface area contributed by atoms with Crippen molar-refractivity contribution in [2.45, 2.75) is 33.7 Å². The lowest BCUT2D eigenvalue weighted by atomic mass is 10.0. The molecule has 0 saturated heterocycles. The second-order valence-corrected chi connectivity index (χ2v) is 7.65. The third kappa shape index (κ3) is 4.27. The second-order valence-electron chi connectivity index (χ2n) is 7.65. The van der Waals surface area contributed by atoms with Gasteiger partial charge in [-0.2, -0.15) is 0 Å². The van der Waals surface area contributed by atoms with Crippen LogP contribution in [-0.2, 0) is 13.0 Å². The monoisotopic (exact) mass is 403 g/mol. The molecule has 4 aromatic rings. The van der Waals surface area contributed by atoms with Gasteiger partial charge in [0.25, 0.3) is 0 Å². The number of hydrogen-bond donors (Lipinski definition) is 3. The standard InChI is InChI=1S/C24H26FN5/c1-15-4-7-18(8-5-15)13-27-22-12-21(28-14-29-22)26-11-10-19-17(3)30-24-20(25)9-6-16(2)23(19)24/h4-9,12,14,30H,10-11,13H2,1-3H3,(H2,26,27,28,29). The van der Waals surface area contributed by atoms with Crippen LogP contribution in [0.25, 0.3) is 10.9 Å². The molecule has 0 bridgehead atoms. The van der Waals surface area contributed by atoms with Crippen LogP contribution in [0.5, 0.6) is 0 Å². The zero-order valence-electron chi connectivity index (χ0n) is 17.5. The molecule has 2 aromatic carbocycles. The average molecular weight is 404 g/mol. The van der Waals surface area contributed by atoms with Crippen LogP contribution in [0.15, 0.2) is 48.8 Å². The first-order valence-electron chi connectivity index (χ1n) is 10.1. The Balaban J connectivity index is 1.40. The largest absolute Gasteiger partial charge is 0.370 e. The summed E-state index contributed by atoms with van der Waals surface area (Å²) in [5, 5.41) is 7.67. The molecular weight excluding hydrogens is 377 g/mol. The normalized spacial score (nSPS) is 11.1. The van der Waals surface area contributed by atoms with Crippen LogP contribution in [0.1, 0.15) is 27.9 Å². The highest BCUT2D eigenvalue weighted by Gasteiger charge is 2.13. The number of benzene rings is 2. The number of nitrogens with one attached hydrogen (secondary N) is 3. The molecule has 3 N–H and O–H groups in total. The van der Waals surface area contributed by atoms with Crippen molar-refractivity contribution in [3.05, 3.63) is 82.6 Å². The number of fused-ring (bicyclic) bond motifs is 1. The van der Waals surface area contributed by atoms with E-state index >= 15 is 0 Å². The molecule has 0 unspecified atom stereocenters. The summed E-state index contributed by atoms with van der Waals surface area (Å²) >= 11 is 0. The number of halogens is 1. The minimum absolute atomic E-state index is 0.210. The van der Waals surface area contributed by atoms with Gasteiger partial charge in [0.15, 0.2) is 0 Å². The minimum atomic E-state index is -0.210. The van der Waals surface area contributed by atoms with E-state index in [0.29, 0.717) is 18.6 Å². The highest BCUT2D eigenvalue weighted by atomic mass is 19.1. The van der Waals surface area contributed by atoms with E-state index in [-0.39, 0.29) is 5.82 Å². The summed E-state index contributed by atoms with van der Waals surface area (Å²) in [6.45, 7) is 7.48. The lowest BCUT2D eigenvalue weighted by Gasteiger charge is -2.10. The Kier molecular flexibility index (Phi) is 5.65. The third-order valence-corrected chi connectivity index (χ3v) is 5.37. The van der Waals surface area contributed by atoms with Crippen molar-refractivity contribution in [3.8, 4) is 0 Å². The highest BCUT2D eigenvalue weighted by molar-refractivity contribution is 5.88. The Morgan fingerprint density at radius 2 is 1.67 bits per heavy atom. The van der Waals surface area contributed by atoms with E-state index in [9.17, 15) is 4.39 Å². The molecule has 5 nitrogen and oxygen atoms in total. The summed E-state index contributed by atoms with van der Waals surface area (Å²) in [4.78, 5) is 11.8. The molecule has 2 heterocycles. The van der Waals surface area contributed by atoms with Crippen molar-refractivity contribution in [2.75, 3.05) is 17.2 Å². The van der Waals surface area contributed by atoms with Crippen LogP contribution in [0.3, 0.4) is 0 Å². The van der Waals surface area contributed by atoms with E-state index in [0.717, 1.165) is 40.3 Å². The van der Waals surface area contributed by atoms with Gasteiger partial charge in [0.05, 0.1) is 5.52 Å². The summed E-state index contributed by atoms with van der Waals surface area (Å²) in [5.74, 6) is 1.32. The number of hydrogen-bond acceptors (Lipinski definition) is 4. The molecule has 0 aliphatic heterocycles. The van der Waals surface area contributed by atoms with Gasteiger partial charge in [0.1, 0.15) is 23.8 Å². The number of nitrogens with zero attached hydrogens (tertiary/aromatic N) is 2. The van der Waals surface area contributed by atoms with Crippen LogP contribution in [-0.4, -0.2) is 21.5 Å². The predicted octanol–water partition coefficient (Wildman–Crippen LogP) is 5.29. The van der Waals surface area contributed by atoms with E-state index in [1.807, 2.05) is 26.0 Å². The molecule has 0 aliphatic rings. The van der Waals surface area contributed by atoms with Crippen LogP contribution >= 0.6 is 0 Å². The number of H-pyrrole nitrogens is 1. The molecule has 0 atom stereocenters. The van der Waals surface area contributed by atoms with Crippen molar-refractivity contribution in [1.82, 2.24) is 15.0 Å². The summed E-state index contributed by atoms with van der Waals surface area (Å²) in [6, 6.07) is 13.7. The molecule has 0 aliphatic carbocycles. The highest BCUT2D eigenvalue weighted by Crippen LogP contribution is 2.28. The van der Waals surface area contributed by atoms with E-state index in [2.05, 4.69) is 56.8 Å². The fourth-order valence-corrected chi connectivity index (χ4v) is 3.72.